The van der Waals surface area contributed by atoms with Crippen LogP contribution in [0.25, 0.3) is 0 Å². The molecule has 0 aromatic heterocycles. The van der Waals surface area contributed by atoms with Crippen molar-refractivity contribution in [3.05, 3.63) is 29.8 Å². The van der Waals surface area contributed by atoms with E-state index in [0.717, 1.165) is 30.5 Å². The Balaban J connectivity index is 1.92. The number of carbonyl (C=O) groups is 1. The number of hydrogen-bond acceptors (Lipinski definition) is 4. The summed E-state index contributed by atoms with van der Waals surface area (Å²) < 4.78 is 10.9. The molecule has 4 atom stereocenters. The number of hydrogen-bond donors (Lipinski definition) is 1. The molecule has 2 heterocycles. The number of rotatable bonds is 2. The number of fused-ring (bicyclic) bond motifs is 2. The number of esters is 1. The van der Waals surface area contributed by atoms with E-state index in [4.69, 9.17) is 15.2 Å². The van der Waals surface area contributed by atoms with Crippen LogP contribution < -0.4 is 5.73 Å². The van der Waals surface area contributed by atoms with Crippen LogP contribution in [0.2, 0.25) is 0 Å². The highest BCUT2D eigenvalue weighted by Crippen LogP contribution is 2.45. The number of nitrogens with two attached hydrogens (primary N) is 1. The van der Waals surface area contributed by atoms with Crippen LogP contribution in [0, 0.1) is 5.92 Å². The lowest BCUT2D eigenvalue weighted by molar-refractivity contribution is -0.156. The van der Waals surface area contributed by atoms with Gasteiger partial charge in [-0.1, -0.05) is 12.1 Å². The number of ether oxygens (including phenoxy) is 2. The van der Waals surface area contributed by atoms with Gasteiger partial charge in [0.25, 0.3) is 0 Å². The van der Waals surface area contributed by atoms with Gasteiger partial charge in [-0.25, -0.2) is 0 Å². The Morgan fingerprint density at radius 3 is 2.74 bits per heavy atom. The molecule has 1 aromatic carbocycles. The van der Waals surface area contributed by atoms with Crippen LogP contribution in [0.5, 0.6) is 0 Å². The first kappa shape index (κ1) is 12.5. The molecule has 4 nitrogen and oxygen atoms in total. The molecule has 2 bridgehead atoms. The van der Waals surface area contributed by atoms with Gasteiger partial charge in [-0.2, -0.15) is 0 Å². The van der Waals surface area contributed by atoms with E-state index in [1.807, 2.05) is 24.3 Å². The Bertz CT molecular complexity index is 471. The van der Waals surface area contributed by atoms with Gasteiger partial charge in [-0.15, -0.1) is 0 Å². The first-order valence-electron chi connectivity index (χ1n) is 6.77. The molecule has 102 valence electrons. The lowest BCUT2D eigenvalue weighted by atomic mass is 9.79. The number of methoxy groups -OCH3 is 1. The minimum Gasteiger partial charge on any atom is -0.469 e. The maximum Gasteiger partial charge on any atom is 0.311 e. The topological polar surface area (TPSA) is 61.5 Å². The Hall–Kier alpha value is -1.55. The molecule has 0 radical (unpaired) electrons. The summed E-state index contributed by atoms with van der Waals surface area (Å²) in [5.74, 6) is -0.168. The Morgan fingerprint density at radius 2 is 2.05 bits per heavy atom. The predicted molar refractivity (Wildman–Crippen MR) is 71.6 cm³/mol. The molecule has 2 aliphatic rings. The van der Waals surface area contributed by atoms with Crippen LogP contribution >= 0.6 is 0 Å². The largest absolute Gasteiger partial charge is 0.469 e. The normalized spacial score (nSPS) is 33.1. The molecule has 3 unspecified atom stereocenters. The number of nitrogen functional groups attached to an aromatic ring is 1. The highest BCUT2D eigenvalue weighted by atomic mass is 16.5. The summed E-state index contributed by atoms with van der Waals surface area (Å²) in [6.45, 7) is 0. The second-order valence-electron chi connectivity index (χ2n) is 5.43. The lowest BCUT2D eigenvalue weighted by Crippen LogP contribution is -2.39. The summed E-state index contributed by atoms with van der Waals surface area (Å²) in [5, 5.41) is 0. The molecule has 0 aliphatic carbocycles. The van der Waals surface area contributed by atoms with Gasteiger partial charge >= 0.3 is 5.97 Å². The van der Waals surface area contributed by atoms with Gasteiger partial charge in [0, 0.05) is 11.6 Å². The van der Waals surface area contributed by atoms with Crippen LogP contribution in [-0.2, 0) is 14.3 Å². The minimum absolute atomic E-state index is 0.00810. The fourth-order valence-corrected chi connectivity index (χ4v) is 3.40. The van der Waals surface area contributed by atoms with E-state index in [2.05, 4.69) is 0 Å². The average Bonchev–Trinajstić information content (AvgIpc) is 2.80. The summed E-state index contributed by atoms with van der Waals surface area (Å²) in [6.07, 6.45) is 3.18. The van der Waals surface area contributed by atoms with Crippen molar-refractivity contribution < 1.29 is 14.3 Å². The zero-order valence-corrected chi connectivity index (χ0v) is 11.0. The van der Waals surface area contributed by atoms with Gasteiger partial charge in [0.2, 0.25) is 0 Å². The van der Waals surface area contributed by atoms with Crippen LogP contribution in [0.15, 0.2) is 24.3 Å². The average molecular weight is 261 g/mol. The number of benzene rings is 1. The highest BCUT2D eigenvalue weighted by molar-refractivity contribution is 5.74. The smallest absolute Gasteiger partial charge is 0.311 e. The summed E-state index contributed by atoms with van der Waals surface area (Å²) >= 11 is 0. The molecule has 0 amide bonds. The van der Waals surface area contributed by atoms with Gasteiger partial charge in [0.05, 0.1) is 25.2 Å². The Labute approximate surface area is 112 Å². The maximum absolute atomic E-state index is 12.1. The third kappa shape index (κ3) is 2.21. The molecular formula is C15H19NO3. The zero-order chi connectivity index (χ0) is 13.4. The van der Waals surface area contributed by atoms with Crippen molar-refractivity contribution in [2.75, 3.05) is 12.8 Å². The standard InChI is InChI=1S/C15H19NO3/c1-18-15(17)14-12(8-11-6-7-13(14)19-11)9-2-4-10(16)5-3-9/h2-5,11-14H,6-8,16H2,1H3/t11?,12?,13-,14?/m0/s1. The molecule has 19 heavy (non-hydrogen) atoms. The fourth-order valence-electron chi connectivity index (χ4n) is 3.40. The van der Waals surface area contributed by atoms with Gasteiger partial charge in [-0.05, 0) is 37.0 Å². The van der Waals surface area contributed by atoms with E-state index in [1.165, 1.54) is 7.11 Å². The quantitative estimate of drug-likeness (QED) is 0.654. The van der Waals surface area contributed by atoms with E-state index in [9.17, 15) is 4.79 Å². The van der Waals surface area contributed by atoms with E-state index in [-0.39, 0.29) is 30.0 Å². The molecule has 0 saturated carbocycles. The molecule has 2 N–H and O–H groups in total. The molecular weight excluding hydrogens is 242 g/mol. The summed E-state index contributed by atoms with van der Waals surface area (Å²) in [5.41, 5.74) is 7.63. The van der Waals surface area contributed by atoms with E-state index >= 15 is 0 Å². The molecule has 1 aromatic rings. The van der Waals surface area contributed by atoms with Gasteiger partial charge in [0.1, 0.15) is 0 Å². The van der Waals surface area contributed by atoms with Crippen molar-refractivity contribution in [2.24, 2.45) is 5.92 Å². The summed E-state index contributed by atoms with van der Waals surface area (Å²) in [4.78, 5) is 12.1. The molecule has 4 heteroatoms. The van der Waals surface area contributed by atoms with E-state index in [1.54, 1.807) is 0 Å². The highest BCUT2D eigenvalue weighted by Gasteiger charge is 2.47. The van der Waals surface area contributed by atoms with Crippen molar-refractivity contribution in [2.45, 2.75) is 37.4 Å². The fraction of sp³-hybridized carbons (Fsp3) is 0.533. The predicted octanol–water partition coefficient (Wildman–Crippen LogP) is 2.09. The van der Waals surface area contributed by atoms with Crippen LogP contribution in [0.3, 0.4) is 0 Å². The van der Waals surface area contributed by atoms with Crippen molar-refractivity contribution in [3.8, 4) is 0 Å². The van der Waals surface area contributed by atoms with Gasteiger partial charge in [0.15, 0.2) is 0 Å². The van der Waals surface area contributed by atoms with E-state index < -0.39 is 0 Å². The third-order valence-electron chi connectivity index (χ3n) is 4.33. The Kier molecular flexibility index (Phi) is 3.19. The van der Waals surface area contributed by atoms with Crippen molar-refractivity contribution in [3.63, 3.8) is 0 Å². The minimum atomic E-state index is -0.188. The second kappa shape index (κ2) is 4.85. The van der Waals surface area contributed by atoms with Gasteiger partial charge in [-0.3, -0.25) is 4.79 Å². The second-order valence-corrected chi connectivity index (χ2v) is 5.43. The van der Waals surface area contributed by atoms with Gasteiger partial charge < -0.3 is 15.2 Å². The molecule has 2 saturated heterocycles. The van der Waals surface area contributed by atoms with Crippen molar-refractivity contribution in [1.82, 2.24) is 0 Å². The van der Waals surface area contributed by atoms with Crippen molar-refractivity contribution in [1.29, 1.82) is 0 Å². The molecule has 3 rings (SSSR count). The Morgan fingerprint density at radius 1 is 1.32 bits per heavy atom. The maximum atomic E-state index is 12.1. The SMILES string of the molecule is COC(=O)C1C(c2ccc(N)cc2)CC2CC[C@@H]1O2. The van der Waals surface area contributed by atoms with Crippen molar-refractivity contribution >= 4 is 11.7 Å². The molecule has 2 aliphatic heterocycles. The lowest BCUT2D eigenvalue weighted by Gasteiger charge is -2.35. The molecule has 0 spiro atoms. The van der Waals surface area contributed by atoms with E-state index in [0.29, 0.717) is 0 Å². The van der Waals surface area contributed by atoms with Crippen LogP contribution in [0.1, 0.15) is 30.7 Å². The zero-order valence-electron chi connectivity index (χ0n) is 11.0. The molecule has 2 fully saturated rings. The number of carbonyl (C=O) groups excluding carboxylic acids is 1. The summed E-state index contributed by atoms with van der Waals surface area (Å²) in [6, 6.07) is 7.81. The third-order valence-corrected chi connectivity index (χ3v) is 4.33. The summed E-state index contributed by atoms with van der Waals surface area (Å²) in [7, 11) is 1.45. The monoisotopic (exact) mass is 261 g/mol. The first-order valence-corrected chi connectivity index (χ1v) is 6.77. The first-order chi connectivity index (χ1) is 9.19. The van der Waals surface area contributed by atoms with Crippen LogP contribution in [-0.4, -0.2) is 25.3 Å². The number of anilines is 1. The van der Waals surface area contributed by atoms with Crippen LogP contribution in [0.4, 0.5) is 5.69 Å².